The Kier molecular flexibility index (Phi) is 6.07. The summed E-state index contributed by atoms with van der Waals surface area (Å²) in [5.74, 6) is 0.142. The van der Waals surface area contributed by atoms with E-state index in [2.05, 4.69) is 0 Å². The van der Waals surface area contributed by atoms with Gasteiger partial charge in [0.15, 0.2) is 11.3 Å². The van der Waals surface area contributed by atoms with Crippen molar-refractivity contribution >= 4 is 19.9 Å². The Labute approximate surface area is 146 Å². The molecule has 0 aliphatic heterocycles. The van der Waals surface area contributed by atoms with Gasteiger partial charge in [-0.25, -0.2) is 0 Å². The molecule has 2 aromatic carbocycles. The van der Waals surface area contributed by atoms with Gasteiger partial charge in [-0.15, -0.1) is 0 Å². The van der Waals surface area contributed by atoms with Crippen LogP contribution in [-0.2, 0) is 0 Å². The molecule has 24 heavy (non-hydrogen) atoms. The predicted molar refractivity (Wildman–Crippen MR) is 103 cm³/mol. The SMILES string of the molecule is Cc1cc(C)c(C(=O)PCCC(=O)c2c(C)cccc2C)c(C)c1. The highest BCUT2D eigenvalue weighted by atomic mass is 31.1. The van der Waals surface area contributed by atoms with Crippen molar-refractivity contribution in [1.29, 1.82) is 0 Å². The number of hydrogen-bond acceptors (Lipinski definition) is 2. The summed E-state index contributed by atoms with van der Waals surface area (Å²) in [6.07, 6.45) is 1.05. The van der Waals surface area contributed by atoms with Crippen molar-refractivity contribution in [2.75, 3.05) is 6.16 Å². The van der Waals surface area contributed by atoms with Gasteiger partial charge >= 0.3 is 0 Å². The van der Waals surface area contributed by atoms with Crippen LogP contribution >= 0.6 is 8.58 Å². The summed E-state index contributed by atoms with van der Waals surface area (Å²) >= 11 is 0. The molecule has 1 atom stereocenters. The second kappa shape index (κ2) is 7.85. The van der Waals surface area contributed by atoms with Gasteiger partial charge in [-0.2, -0.15) is 0 Å². The summed E-state index contributed by atoms with van der Waals surface area (Å²) in [4.78, 5) is 25.0. The van der Waals surface area contributed by atoms with Crippen LogP contribution in [0.15, 0.2) is 30.3 Å². The van der Waals surface area contributed by atoms with E-state index >= 15 is 0 Å². The molecule has 2 nitrogen and oxygen atoms in total. The van der Waals surface area contributed by atoms with Crippen molar-refractivity contribution in [3.63, 3.8) is 0 Å². The third-order valence-electron chi connectivity index (χ3n) is 4.30. The van der Waals surface area contributed by atoms with Gasteiger partial charge in [-0.05, 0) is 71.6 Å². The van der Waals surface area contributed by atoms with Crippen molar-refractivity contribution in [2.24, 2.45) is 0 Å². The average Bonchev–Trinajstić information content (AvgIpc) is 2.45. The Morgan fingerprint density at radius 2 is 1.38 bits per heavy atom. The van der Waals surface area contributed by atoms with E-state index in [1.54, 1.807) is 0 Å². The lowest BCUT2D eigenvalue weighted by Gasteiger charge is -2.11. The topological polar surface area (TPSA) is 34.1 Å². The second-order valence-corrected chi connectivity index (χ2v) is 7.78. The Morgan fingerprint density at radius 3 is 1.92 bits per heavy atom. The van der Waals surface area contributed by atoms with E-state index in [4.69, 9.17) is 0 Å². The fourth-order valence-electron chi connectivity index (χ4n) is 3.30. The summed E-state index contributed by atoms with van der Waals surface area (Å²) in [5.41, 5.74) is 7.09. The quantitative estimate of drug-likeness (QED) is 0.527. The first-order valence-corrected chi connectivity index (χ1v) is 9.47. The molecule has 0 aliphatic carbocycles. The number of carbonyl (C=O) groups is 2. The minimum Gasteiger partial charge on any atom is -0.294 e. The van der Waals surface area contributed by atoms with Crippen LogP contribution in [0.5, 0.6) is 0 Å². The normalized spacial score (nSPS) is 11.2. The molecule has 0 saturated heterocycles. The van der Waals surface area contributed by atoms with E-state index in [-0.39, 0.29) is 19.9 Å². The molecule has 3 heteroatoms. The van der Waals surface area contributed by atoms with Gasteiger partial charge in [0, 0.05) is 17.5 Å². The fourth-order valence-corrected chi connectivity index (χ4v) is 4.45. The molecule has 0 aromatic heterocycles. The Balaban J connectivity index is 2.02. The molecule has 126 valence electrons. The molecule has 0 aliphatic rings. The van der Waals surface area contributed by atoms with Gasteiger partial charge in [-0.3, -0.25) is 9.59 Å². The van der Waals surface area contributed by atoms with E-state index in [0.29, 0.717) is 12.6 Å². The maximum Gasteiger partial charge on any atom is 0.181 e. The smallest absolute Gasteiger partial charge is 0.181 e. The number of hydrogen-bond donors (Lipinski definition) is 0. The number of benzene rings is 2. The van der Waals surface area contributed by atoms with Crippen LogP contribution in [0.4, 0.5) is 0 Å². The number of Topliss-reactive ketones (excluding diaryl/α,β-unsaturated/α-hetero) is 1. The first-order valence-electron chi connectivity index (χ1n) is 8.26. The first kappa shape index (κ1) is 18.5. The van der Waals surface area contributed by atoms with Gasteiger partial charge < -0.3 is 0 Å². The molecule has 0 amide bonds. The fraction of sp³-hybridized carbons (Fsp3) is 0.333. The van der Waals surface area contributed by atoms with Crippen molar-refractivity contribution in [1.82, 2.24) is 0 Å². The zero-order valence-corrected chi connectivity index (χ0v) is 16.1. The van der Waals surface area contributed by atoms with Crippen molar-refractivity contribution in [3.05, 3.63) is 69.3 Å². The first-order chi connectivity index (χ1) is 11.3. The molecule has 1 unspecified atom stereocenters. The number of rotatable bonds is 6. The van der Waals surface area contributed by atoms with Gasteiger partial charge in [0.1, 0.15) is 0 Å². The molecule has 0 heterocycles. The zero-order chi connectivity index (χ0) is 17.9. The van der Waals surface area contributed by atoms with Gasteiger partial charge in [-0.1, -0.05) is 35.9 Å². The molecule has 0 bridgehead atoms. The van der Waals surface area contributed by atoms with Gasteiger partial charge in [0.05, 0.1) is 0 Å². The van der Waals surface area contributed by atoms with Crippen molar-refractivity contribution in [3.8, 4) is 0 Å². The number of aryl methyl sites for hydroxylation is 5. The highest BCUT2D eigenvalue weighted by molar-refractivity contribution is 7.58. The number of ketones is 1. The molecule has 0 radical (unpaired) electrons. The van der Waals surface area contributed by atoms with Crippen LogP contribution in [0.3, 0.4) is 0 Å². The molecule has 2 rings (SSSR count). The van der Waals surface area contributed by atoms with Crippen LogP contribution in [-0.4, -0.2) is 17.5 Å². The summed E-state index contributed by atoms with van der Waals surface area (Å²) in [6, 6.07) is 9.99. The molecule has 2 aromatic rings. The minimum absolute atomic E-state index is 0.142. The lowest BCUT2D eigenvalue weighted by molar-refractivity contribution is 0.0988. The summed E-state index contributed by atoms with van der Waals surface area (Å²) in [7, 11) is 0.145. The Morgan fingerprint density at radius 1 is 0.833 bits per heavy atom. The highest BCUT2D eigenvalue weighted by Gasteiger charge is 2.15. The second-order valence-electron chi connectivity index (χ2n) is 6.47. The van der Waals surface area contributed by atoms with E-state index in [1.165, 1.54) is 5.56 Å². The highest BCUT2D eigenvalue weighted by Crippen LogP contribution is 2.27. The average molecular weight is 340 g/mol. The molecular formula is C21H25O2P. The third kappa shape index (κ3) is 4.19. The molecule has 0 N–H and O–H groups in total. The molecule has 0 spiro atoms. The van der Waals surface area contributed by atoms with E-state index in [9.17, 15) is 9.59 Å². The molecule has 0 saturated carbocycles. The minimum atomic E-state index is 0.142. The largest absolute Gasteiger partial charge is 0.294 e. The van der Waals surface area contributed by atoms with Crippen LogP contribution in [0.1, 0.15) is 55.0 Å². The standard InChI is InChI=1S/C21H25O2P/c1-13-11-16(4)20(17(5)12-13)21(23)24-10-9-18(22)19-14(2)7-6-8-15(19)3/h6-8,11-12,24H,9-10H2,1-5H3. The predicted octanol–water partition coefficient (Wildman–Crippen LogP) is 5.32. The van der Waals surface area contributed by atoms with Crippen LogP contribution < -0.4 is 0 Å². The molecule has 0 fully saturated rings. The van der Waals surface area contributed by atoms with E-state index < -0.39 is 0 Å². The third-order valence-corrected chi connectivity index (χ3v) is 5.37. The van der Waals surface area contributed by atoms with Crippen LogP contribution in [0.25, 0.3) is 0 Å². The van der Waals surface area contributed by atoms with Gasteiger partial charge in [0.25, 0.3) is 0 Å². The van der Waals surface area contributed by atoms with Crippen molar-refractivity contribution in [2.45, 2.75) is 41.0 Å². The maximum absolute atomic E-state index is 12.6. The molecular weight excluding hydrogens is 315 g/mol. The lowest BCUT2D eigenvalue weighted by atomic mass is 9.98. The summed E-state index contributed by atoms with van der Waals surface area (Å²) < 4.78 is 0. The van der Waals surface area contributed by atoms with Crippen LogP contribution in [0.2, 0.25) is 0 Å². The summed E-state index contributed by atoms with van der Waals surface area (Å²) in [5, 5.41) is 0. The lowest BCUT2D eigenvalue weighted by Crippen LogP contribution is -2.07. The van der Waals surface area contributed by atoms with E-state index in [1.807, 2.05) is 65.0 Å². The Bertz CT molecular complexity index is 747. The number of carbonyl (C=O) groups excluding carboxylic acids is 2. The Hall–Kier alpha value is -1.79. The summed E-state index contributed by atoms with van der Waals surface area (Å²) in [6.45, 7) is 9.94. The zero-order valence-electron chi connectivity index (χ0n) is 15.1. The maximum atomic E-state index is 12.6. The van der Waals surface area contributed by atoms with Gasteiger partial charge in [0.2, 0.25) is 0 Å². The van der Waals surface area contributed by atoms with E-state index in [0.717, 1.165) is 33.4 Å². The van der Waals surface area contributed by atoms with Crippen molar-refractivity contribution < 1.29 is 9.59 Å². The van der Waals surface area contributed by atoms with Crippen LogP contribution in [0, 0.1) is 34.6 Å². The monoisotopic (exact) mass is 340 g/mol.